The van der Waals surface area contributed by atoms with E-state index in [9.17, 15) is 0 Å². The predicted octanol–water partition coefficient (Wildman–Crippen LogP) is 14.9. The first-order valence-electron chi connectivity index (χ1n) is 20.8. The van der Waals surface area contributed by atoms with E-state index in [1.807, 2.05) is 36.4 Å². The van der Waals surface area contributed by atoms with Gasteiger partial charge in [-0.25, -0.2) is 15.0 Å². The molecule has 0 unspecified atom stereocenters. The number of aromatic nitrogens is 4. The van der Waals surface area contributed by atoms with Crippen LogP contribution in [-0.2, 0) is 0 Å². The summed E-state index contributed by atoms with van der Waals surface area (Å²) < 4.78 is 9.34. The van der Waals surface area contributed by atoms with Crippen molar-refractivity contribution in [3.63, 3.8) is 0 Å². The topological polar surface area (TPSA) is 56.7 Å². The Kier molecular flexibility index (Phi) is 8.42. The summed E-state index contributed by atoms with van der Waals surface area (Å²) in [6.45, 7) is 0. The molecule has 0 aliphatic rings. The molecule has 0 amide bonds. The third-order valence-electron chi connectivity index (χ3n) is 11.8. The number of furan rings is 1. The maximum absolute atomic E-state index is 6.94. The van der Waals surface area contributed by atoms with E-state index in [2.05, 4.69) is 187 Å². The molecule has 12 aromatic rings. The van der Waals surface area contributed by atoms with Crippen molar-refractivity contribution in [1.82, 2.24) is 19.5 Å². The number of nitrogens with zero attached hydrogens (tertiary/aromatic N) is 4. The van der Waals surface area contributed by atoms with Gasteiger partial charge >= 0.3 is 0 Å². The van der Waals surface area contributed by atoms with Crippen LogP contribution in [0.15, 0.2) is 223 Å². The summed E-state index contributed by atoms with van der Waals surface area (Å²) in [5, 5.41) is 4.47. The van der Waals surface area contributed by atoms with Crippen LogP contribution in [0.3, 0.4) is 0 Å². The Morgan fingerprint density at radius 1 is 0.306 bits per heavy atom. The lowest BCUT2D eigenvalue weighted by atomic mass is 10.0. The lowest BCUT2D eigenvalue weighted by Gasteiger charge is -2.12. The van der Waals surface area contributed by atoms with Gasteiger partial charge in [0.2, 0.25) is 0 Å². The second kappa shape index (κ2) is 14.7. The van der Waals surface area contributed by atoms with Crippen molar-refractivity contribution < 1.29 is 4.42 Å². The van der Waals surface area contributed by atoms with Crippen LogP contribution in [-0.4, -0.2) is 19.5 Å². The fourth-order valence-corrected chi connectivity index (χ4v) is 8.84. The molecule has 3 aromatic heterocycles. The van der Waals surface area contributed by atoms with Crippen molar-refractivity contribution in [1.29, 1.82) is 0 Å². The first-order chi connectivity index (χ1) is 30.7. The van der Waals surface area contributed by atoms with E-state index in [1.165, 1.54) is 21.9 Å². The van der Waals surface area contributed by atoms with Gasteiger partial charge in [0.15, 0.2) is 17.5 Å². The second-order valence-electron chi connectivity index (χ2n) is 15.6. The Hall–Kier alpha value is -8.41. The Bertz CT molecular complexity index is 3610. The number of fused-ring (bicyclic) bond motifs is 6. The third kappa shape index (κ3) is 6.14. The number of para-hydroxylation sites is 1. The molecule has 5 heteroatoms. The molecule has 3 heterocycles. The van der Waals surface area contributed by atoms with E-state index in [4.69, 9.17) is 19.4 Å². The predicted molar refractivity (Wildman–Crippen MR) is 254 cm³/mol. The van der Waals surface area contributed by atoms with Gasteiger partial charge in [0.1, 0.15) is 11.2 Å². The van der Waals surface area contributed by atoms with Crippen LogP contribution in [0.4, 0.5) is 0 Å². The van der Waals surface area contributed by atoms with E-state index in [-0.39, 0.29) is 0 Å². The fraction of sp³-hybridized carbons (Fsp3) is 0. The maximum Gasteiger partial charge on any atom is 0.164 e. The molecule has 0 spiro atoms. The Labute approximate surface area is 357 Å². The van der Waals surface area contributed by atoms with Crippen LogP contribution in [0.5, 0.6) is 0 Å². The van der Waals surface area contributed by atoms with E-state index in [0.29, 0.717) is 17.5 Å². The SMILES string of the molecule is c1ccc(-c2cccc(-c3nc(-c4ccccc4)nc(-c4ccc5c(c4)oc4c(-c6ccccc6)cc(-n6c7ccccc7c7ccc(-c8ccccc8)cc76)cc45)n3)c2)cc1. The number of hydrogen-bond acceptors (Lipinski definition) is 4. The van der Waals surface area contributed by atoms with Crippen molar-refractivity contribution in [3.8, 4) is 73.2 Å². The van der Waals surface area contributed by atoms with Gasteiger partial charge in [-0.2, -0.15) is 0 Å². The van der Waals surface area contributed by atoms with Crippen LogP contribution in [0.25, 0.3) is 117 Å². The van der Waals surface area contributed by atoms with Crippen LogP contribution in [0.2, 0.25) is 0 Å². The monoisotopic (exact) mass is 792 g/mol. The molecule has 0 saturated heterocycles. The van der Waals surface area contributed by atoms with E-state index >= 15 is 0 Å². The highest BCUT2D eigenvalue weighted by Gasteiger charge is 2.20. The summed E-state index contributed by atoms with van der Waals surface area (Å²) >= 11 is 0. The molecule has 0 atom stereocenters. The highest BCUT2D eigenvalue weighted by molar-refractivity contribution is 6.13. The Morgan fingerprint density at radius 3 is 1.50 bits per heavy atom. The van der Waals surface area contributed by atoms with Crippen molar-refractivity contribution in [2.24, 2.45) is 0 Å². The quantitative estimate of drug-likeness (QED) is 0.161. The lowest BCUT2D eigenvalue weighted by Crippen LogP contribution is -2.00. The summed E-state index contributed by atoms with van der Waals surface area (Å²) in [5.74, 6) is 1.79. The van der Waals surface area contributed by atoms with Crippen molar-refractivity contribution in [2.75, 3.05) is 0 Å². The maximum atomic E-state index is 6.94. The minimum atomic E-state index is 0.574. The molecule has 0 bridgehead atoms. The molecular formula is C57H36N4O. The molecule has 0 aliphatic carbocycles. The smallest absolute Gasteiger partial charge is 0.164 e. The van der Waals surface area contributed by atoms with Gasteiger partial charge in [-0.3, -0.25) is 0 Å². The highest BCUT2D eigenvalue weighted by Crippen LogP contribution is 2.42. The van der Waals surface area contributed by atoms with Crippen LogP contribution in [0.1, 0.15) is 0 Å². The summed E-state index contributed by atoms with van der Waals surface area (Å²) in [7, 11) is 0. The highest BCUT2D eigenvalue weighted by atomic mass is 16.3. The molecule has 0 fully saturated rings. The first kappa shape index (κ1) is 35.5. The van der Waals surface area contributed by atoms with Gasteiger partial charge in [-0.15, -0.1) is 0 Å². The standard InChI is InChI=1S/C57H36N4O/c1-5-16-37(17-6-1)41-24-15-25-43(32-41)56-58-55(40-22-11-4-12-23-40)59-57(60-56)44-29-31-48-50-36-45(35-49(39-20-9-3-10-21-39)54(50)62-53(48)34-44)61-51-27-14-13-26-46(51)47-30-28-42(33-52(47)61)38-18-7-2-8-19-38/h1-36H. The van der Waals surface area contributed by atoms with Gasteiger partial charge < -0.3 is 8.98 Å². The molecule has 5 nitrogen and oxygen atoms in total. The molecule has 0 saturated carbocycles. The zero-order chi connectivity index (χ0) is 41.0. The summed E-state index contributed by atoms with van der Waals surface area (Å²) in [6.07, 6.45) is 0. The van der Waals surface area contributed by atoms with Gasteiger partial charge in [0.25, 0.3) is 0 Å². The summed E-state index contributed by atoms with van der Waals surface area (Å²) in [6, 6.07) is 76.4. The van der Waals surface area contributed by atoms with Gasteiger partial charge in [-0.1, -0.05) is 176 Å². The van der Waals surface area contributed by atoms with E-state index < -0.39 is 0 Å². The number of benzene rings is 9. The van der Waals surface area contributed by atoms with Crippen molar-refractivity contribution >= 4 is 43.7 Å². The molecule has 0 aliphatic heterocycles. The number of hydrogen-bond donors (Lipinski definition) is 0. The van der Waals surface area contributed by atoms with Gasteiger partial charge in [-0.05, 0) is 70.3 Å². The van der Waals surface area contributed by atoms with Crippen LogP contribution in [0, 0.1) is 0 Å². The Morgan fingerprint density at radius 2 is 0.806 bits per heavy atom. The molecular weight excluding hydrogens is 757 g/mol. The first-order valence-corrected chi connectivity index (χ1v) is 20.8. The number of rotatable bonds is 7. The van der Waals surface area contributed by atoms with E-state index in [1.54, 1.807) is 0 Å². The van der Waals surface area contributed by atoms with Crippen LogP contribution >= 0.6 is 0 Å². The molecule has 62 heavy (non-hydrogen) atoms. The average molecular weight is 793 g/mol. The average Bonchev–Trinajstić information content (AvgIpc) is 3.89. The minimum absolute atomic E-state index is 0.574. The lowest BCUT2D eigenvalue weighted by molar-refractivity contribution is 0.670. The summed E-state index contributed by atoms with van der Waals surface area (Å²) in [5.41, 5.74) is 14.3. The second-order valence-corrected chi connectivity index (χ2v) is 15.6. The minimum Gasteiger partial charge on any atom is -0.455 e. The van der Waals surface area contributed by atoms with Crippen molar-refractivity contribution in [2.45, 2.75) is 0 Å². The molecule has 0 N–H and O–H groups in total. The van der Waals surface area contributed by atoms with Gasteiger partial charge in [0, 0.05) is 49.5 Å². The zero-order valence-corrected chi connectivity index (χ0v) is 33.5. The van der Waals surface area contributed by atoms with Gasteiger partial charge in [0.05, 0.1) is 11.0 Å². The molecule has 290 valence electrons. The molecule has 12 rings (SSSR count). The Balaban J connectivity index is 1.05. The molecule has 9 aromatic carbocycles. The molecule has 0 radical (unpaired) electrons. The van der Waals surface area contributed by atoms with Crippen molar-refractivity contribution in [3.05, 3.63) is 218 Å². The van der Waals surface area contributed by atoms with Crippen LogP contribution < -0.4 is 0 Å². The third-order valence-corrected chi connectivity index (χ3v) is 11.8. The summed E-state index contributed by atoms with van der Waals surface area (Å²) in [4.78, 5) is 15.2. The fourth-order valence-electron chi connectivity index (χ4n) is 8.84. The van der Waals surface area contributed by atoms with E-state index in [0.717, 1.165) is 77.6 Å². The normalized spacial score (nSPS) is 11.5. The largest absolute Gasteiger partial charge is 0.455 e. The zero-order valence-electron chi connectivity index (χ0n) is 33.5.